The number of aromatic hydroxyl groups is 1. The predicted octanol–water partition coefficient (Wildman–Crippen LogP) is 0.557. The molecule has 12 nitrogen and oxygen atoms in total. The monoisotopic (exact) mass is 528 g/mol. The zero-order valence-electron chi connectivity index (χ0n) is 22.1. The first-order valence-electron chi connectivity index (χ1n) is 12.0. The highest BCUT2D eigenvalue weighted by Crippen LogP contribution is 2.53. The van der Waals surface area contributed by atoms with E-state index in [9.17, 15) is 34.8 Å². The van der Waals surface area contributed by atoms with Crippen LogP contribution in [0.4, 0.5) is 5.69 Å². The van der Waals surface area contributed by atoms with E-state index in [0.717, 1.165) is 0 Å². The molecule has 0 bridgehead atoms. The van der Waals surface area contributed by atoms with Crippen LogP contribution in [0.3, 0.4) is 0 Å². The second-order valence-electron chi connectivity index (χ2n) is 10.4. The predicted molar refractivity (Wildman–Crippen MR) is 137 cm³/mol. The van der Waals surface area contributed by atoms with Crippen molar-refractivity contribution in [2.75, 3.05) is 40.2 Å². The van der Waals surface area contributed by atoms with E-state index < -0.39 is 58.0 Å². The summed E-state index contributed by atoms with van der Waals surface area (Å²) < 4.78 is 0. The van der Waals surface area contributed by atoms with E-state index in [1.807, 2.05) is 0 Å². The van der Waals surface area contributed by atoms with Gasteiger partial charge in [0.25, 0.3) is 5.91 Å². The number of aliphatic hydroxyl groups excluding tert-OH is 2. The van der Waals surface area contributed by atoms with Crippen LogP contribution in [0.15, 0.2) is 33.9 Å². The summed E-state index contributed by atoms with van der Waals surface area (Å²) in [5.74, 6) is -6.93. The number of allylic oxidation sites excluding steroid dienone is 1. The number of Topliss-reactive ketones (excluding diaryl/α,β-unsaturated/α-hetero) is 2. The van der Waals surface area contributed by atoms with Crippen molar-refractivity contribution in [2.45, 2.75) is 31.4 Å². The van der Waals surface area contributed by atoms with Crippen molar-refractivity contribution in [2.24, 2.45) is 22.7 Å². The van der Waals surface area contributed by atoms with Gasteiger partial charge in [-0.1, -0.05) is 5.16 Å². The Bertz CT molecular complexity index is 1360. The molecule has 1 aromatic carbocycles. The minimum Gasteiger partial charge on any atom is -0.510 e. The number of phenols is 1. The summed E-state index contributed by atoms with van der Waals surface area (Å²) in [5, 5.41) is 49.0. The Labute approximate surface area is 219 Å². The first-order valence-corrected chi connectivity index (χ1v) is 12.0. The van der Waals surface area contributed by atoms with E-state index >= 15 is 0 Å². The Balaban J connectivity index is 2.00. The molecular weight excluding hydrogens is 496 g/mol. The third-order valence-electron chi connectivity index (χ3n) is 7.80. The van der Waals surface area contributed by atoms with Gasteiger partial charge in [0.05, 0.1) is 17.3 Å². The van der Waals surface area contributed by atoms with Crippen molar-refractivity contribution in [3.8, 4) is 5.75 Å². The topological polar surface area (TPSA) is 186 Å². The summed E-state index contributed by atoms with van der Waals surface area (Å²) in [4.78, 5) is 47.6. The first-order chi connectivity index (χ1) is 17.7. The third-order valence-corrected chi connectivity index (χ3v) is 7.80. The van der Waals surface area contributed by atoms with Crippen molar-refractivity contribution >= 4 is 28.9 Å². The molecule has 0 fully saturated rings. The Morgan fingerprint density at radius 2 is 1.82 bits per heavy atom. The first kappa shape index (κ1) is 27.1. The number of fused-ring (bicyclic) bond motifs is 3. The summed E-state index contributed by atoms with van der Waals surface area (Å²) in [7, 11) is 8.07. The molecule has 0 aliphatic heterocycles. The van der Waals surface area contributed by atoms with Gasteiger partial charge in [0.1, 0.15) is 30.0 Å². The largest absolute Gasteiger partial charge is 0.510 e. The minimum absolute atomic E-state index is 0.0192. The zero-order chi connectivity index (χ0) is 28.4. The molecule has 0 saturated heterocycles. The molecule has 4 rings (SSSR count). The smallest absolute Gasteiger partial charge is 0.255 e. The lowest BCUT2D eigenvalue weighted by Gasteiger charge is -2.50. The number of aliphatic hydroxyl groups is 3. The van der Waals surface area contributed by atoms with Crippen molar-refractivity contribution < 1.29 is 39.6 Å². The number of carbonyl (C=O) groups is 3. The number of hydrogen-bond acceptors (Lipinski definition) is 11. The number of hydrogen-bond donors (Lipinski definition) is 5. The van der Waals surface area contributed by atoms with Crippen LogP contribution in [-0.2, 0) is 20.8 Å². The van der Waals surface area contributed by atoms with Gasteiger partial charge >= 0.3 is 0 Å². The van der Waals surface area contributed by atoms with Crippen LogP contribution in [0.1, 0.15) is 34.8 Å². The quantitative estimate of drug-likeness (QED) is 0.205. The molecule has 0 heterocycles. The number of benzene rings is 1. The van der Waals surface area contributed by atoms with Gasteiger partial charge in [-0.25, -0.2) is 0 Å². The van der Waals surface area contributed by atoms with Gasteiger partial charge in [0, 0.05) is 36.8 Å². The molecule has 0 radical (unpaired) electrons. The second kappa shape index (κ2) is 9.14. The third kappa shape index (κ3) is 3.58. The molecule has 204 valence electrons. The second-order valence-corrected chi connectivity index (χ2v) is 10.4. The Kier molecular flexibility index (Phi) is 6.53. The van der Waals surface area contributed by atoms with Crippen molar-refractivity contribution in [3.63, 3.8) is 0 Å². The van der Waals surface area contributed by atoms with Gasteiger partial charge in [-0.05, 0) is 51.4 Å². The summed E-state index contributed by atoms with van der Waals surface area (Å²) in [6, 6.07) is 0.644. The fourth-order valence-corrected chi connectivity index (χ4v) is 6.16. The molecule has 3 aliphatic rings. The molecule has 3 aliphatic carbocycles. The Morgan fingerprint density at radius 1 is 1.18 bits per heavy atom. The van der Waals surface area contributed by atoms with Crippen LogP contribution < -0.4 is 10.6 Å². The fourth-order valence-electron chi connectivity index (χ4n) is 6.16. The maximum absolute atomic E-state index is 14.0. The maximum atomic E-state index is 14.0. The Hall–Kier alpha value is -3.90. The number of likely N-dealkylation sites (N-methyl/N-ethyl adjacent to an activating group) is 1. The number of rotatable bonds is 5. The van der Waals surface area contributed by atoms with Crippen LogP contribution in [0.2, 0.25) is 0 Å². The standard InChI is InChI=1S/C26H32N4O8/c1-10(28-38-6)12-9-15(29(2)3)13-7-11-8-14-19(30(4)5)22(33)18(25(27)36)24(35)26(14,37)23(34)16(11)21(32)17(13)20(12)31/h9,11,14,19,31,33-34,37H,7-8H2,1-6H3,(H2,27,36)/b28-10+/t11-,14-,19-,26-/m0/s1. The molecule has 6 N–H and O–H groups in total. The van der Waals surface area contributed by atoms with Crippen LogP contribution in [0.25, 0.3) is 0 Å². The number of carbonyl (C=O) groups excluding carboxylic acids is 3. The summed E-state index contributed by atoms with van der Waals surface area (Å²) in [6.07, 6.45) is 0.210. The van der Waals surface area contributed by atoms with E-state index in [1.165, 1.54) is 12.0 Å². The molecule has 1 amide bonds. The van der Waals surface area contributed by atoms with Gasteiger partial charge < -0.3 is 35.9 Å². The molecule has 0 spiro atoms. The van der Waals surface area contributed by atoms with E-state index in [4.69, 9.17) is 10.6 Å². The number of anilines is 1. The number of nitrogens with zero attached hydrogens (tertiary/aromatic N) is 3. The molecule has 12 heteroatoms. The minimum atomic E-state index is -2.68. The van der Waals surface area contributed by atoms with Gasteiger partial charge in [-0.2, -0.15) is 0 Å². The van der Waals surface area contributed by atoms with Gasteiger partial charge in [0.15, 0.2) is 11.4 Å². The Morgan fingerprint density at radius 3 is 2.34 bits per heavy atom. The van der Waals surface area contributed by atoms with Gasteiger partial charge in [-0.3, -0.25) is 19.3 Å². The van der Waals surface area contributed by atoms with Crippen LogP contribution in [-0.4, -0.2) is 95.5 Å². The van der Waals surface area contributed by atoms with E-state index in [0.29, 0.717) is 17.0 Å². The average molecular weight is 529 g/mol. The summed E-state index contributed by atoms with van der Waals surface area (Å²) in [5.41, 5.74) is 3.23. The molecule has 0 saturated carbocycles. The van der Waals surface area contributed by atoms with Crippen LogP contribution in [0.5, 0.6) is 5.75 Å². The lowest BCUT2D eigenvalue weighted by molar-refractivity contribution is -0.148. The van der Waals surface area contributed by atoms with Crippen molar-refractivity contribution in [1.29, 1.82) is 0 Å². The molecule has 38 heavy (non-hydrogen) atoms. The van der Waals surface area contributed by atoms with E-state index in [2.05, 4.69) is 5.16 Å². The van der Waals surface area contributed by atoms with Crippen LogP contribution >= 0.6 is 0 Å². The van der Waals surface area contributed by atoms with Gasteiger partial charge in [0.2, 0.25) is 5.78 Å². The highest BCUT2D eigenvalue weighted by atomic mass is 16.6. The number of phenolic OH excluding ortho intramolecular Hbond substituents is 1. The number of ketones is 2. The normalized spacial score (nSPS) is 27.3. The lowest BCUT2D eigenvalue weighted by atomic mass is 9.58. The number of amides is 1. The average Bonchev–Trinajstić information content (AvgIpc) is 2.81. The molecule has 4 atom stereocenters. The summed E-state index contributed by atoms with van der Waals surface area (Å²) in [6.45, 7) is 1.59. The van der Waals surface area contributed by atoms with Gasteiger partial charge in [-0.15, -0.1) is 0 Å². The van der Waals surface area contributed by atoms with Crippen LogP contribution in [0, 0.1) is 11.8 Å². The SMILES string of the molecule is CO/N=C(\C)c1cc(N(C)C)c2c(c1O)C(=O)C1=C(O)[C@]3(O)C(=O)C(C(N)=O)=C(O)[C@@H](N(C)C)[C@@H]3C[C@@H]1C2. The fraction of sp³-hybridized carbons (Fsp3) is 0.462. The highest BCUT2D eigenvalue weighted by molar-refractivity contribution is 6.25. The zero-order valence-corrected chi connectivity index (χ0v) is 22.1. The molecule has 0 unspecified atom stereocenters. The summed E-state index contributed by atoms with van der Waals surface area (Å²) >= 11 is 0. The molecule has 0 aromatic heterocycles. The van der Waals surface area contributed by atoms with E-state index in [1.54, 1.807) is 46.1 Å². The maximum Gasteiger partial charge on any atom is 0.255 e. The highest BCUT2D eigenvalue weighted by Gasteiger charge is 2.63. The van der Waals surface area contributed by atoms with E-state index in [-0.39, 0.29) is 35.3 Å². The molecular formula is C26H32N4O8. The number of primary amides is 1. The number of nitrogens with two attached hydrogens (primary N) is 1. The number of oxime groups is 1. The van der Waals surface area contributed by atoms with Crippen molar-refractivity contribution in [3.05, 3.63) is 45.4 Å². The molecule has 1 aromatic rings. The van der Waals surface area contributed by atoms with Crippen molar-refractivity contribution in [1.82, 2.24) is 4.90 Å². The lowest BCUT2D eigenvalue weighted by Crippen LogP contribution is -2.63.